The van der Waals surface area contributed by atoms with Crippen molar-refractivity contribution in [1.82, 2.24) is 0 Å². The Morgan fingerprint density at radius 1 is 1.35 bits per heavy atom. The van der Waals surface area contributed by atoms with Crippen molar-refractivity contribution in [2.75, 3.05) is 6.26 Å². The van der Waals surface area contributed by atoms with Crippen LogP contribution in [0.1, 0.15) is 6.42 Å². The smallest absolute Gasteiger partial charge is 0.246 e. The summed E-state index contributed by atoms with van der Waals surface area (Å²) in [6.45, 7) is 0. The second-order valence-corrected chi connectivity index (χ2v) is 4.84. The highest BCUT2D eigenvalue weighted by Gasteiger charge is 2.44. The summed E-state index contributed by atoms with van der Waals surface area (Å²) in [7, 11) is 0. The lowest BCUT2D eigenvalue weighted by Crippen LogP contribution is -2.57. The number of thioether (sulfide) groups is 1. The number of aliphatic hydroxyl groups excluding tert-OH is 4. The quantitative estimate of drug-likeness (QED) is 0.377. The molecule has 0 aromatic carbocycles. The number of nitrogens with two attached hydrogens (primary N) is 1. The van der Waals surface area contributed by atoms with E-state index in [2.05, 4.69) is 0 Å². The van der Waals surface area contributed by atoms with Crippen LogP contribution in [-0.2, 0) is 9.53 Å². The van der Waals surface area contributed by atoms with Crippen LogP contribution >= 0.6 is 11.8 Å². The van der Waals surface area contributed by atoms with Gasteiger partial charge < -0.3 is 30.9 Å². The van der Waals surface area contributed by atoms with Gasteiger partial charge in [-0.3, -0.25) is 4.79 Å². The summed E-state index contributed by atoms with van der Waals surface area (Å²) in [4.78, 5) is 10.7. The van der Waals surface area contributed by atoms with Gasteiger partial charge in [0.15, 0.2) is 0 Å². The molecule has 0 aliphatic carbocycles. The fraction of sp³-hybridized carbons (Fsp3) is 0.889. The van der Waals surface area contributed by atoms with E-state index >= 15 is 0 Å². The minimum Gasteiger partial charge on any atom is -0.388 e. The van der Waals surface area contributed by atoms with Gasteiger partial charge in [0.25, 0.3) is 0 Å². The van der Waals surface area contributed by atoms with Crippen molar-refractivity contribution in [3.05, 3.63) is 0 Å². The molecule has 1 saturated heterocycles. The molecule has 0 spiro atoms. The van der Waals surface area contributed by atoms with Crippen LogP contribution in [0.3, 0.4) is 0 Å². The average Bonchev–Trinajstić information content (AvgIpc) is 2.29. The van der Waals surface area contributed by atoms with Crippen molar-refractivity contribution in [2.24, 2.45) is 5.73 Å². The molecule has 7 nitrogen and oxygen atoms in total. The van der Waals surface area contributed by atoms with Crippen LogP contribution in [0.15, 0.2) is 0 Å². The molecule has 0 radical (unpaired) electrons. The maximum absolute atomic E-state index is 10.7. The molecular weight excluding hydrogens is 250 g/mol. The van der Waals surface area contributed by atoms with Crippen molar-refractivity contribution < 1.29 is 30.0 Å². The highest BCUT2D eigenvalue weighted by Crippen LogP contribution is 2.28. The Morgan fingerprint density at radius 3 is 2.41 bits per heavy atom. The van der Waals surface area contributed by atoms with E-state index in [-0.39, 0.29) is 6.42 Å². The number of ether oxygens (including phenoxy) is 1. The predicted octanol–water partition coefficient (Wildman–Crippen LogP) is -2.61. The topological polar surface area (TPSA) is 133 Å². The molecular formula is C9H17NO6S. The van der Waals surface area contributed by atoms with Crippen molar-refractivity contribution in [3.8, 4) is 0 Å². The zero-order chi connectivity index (χ0) is 13.2. The molecule has 8 heteroatoms. The number of amides is 1. The highest BCUT2D eigenvalue weighted by atomic mass is 32.2. The molecule has 100 valence electrons. The fourth-order valence-corrected chi connectivity index (χ4v) is 2.34. The lowest BCUT2D eigenvalue weighted by molar-refractivity contribution is -0.203. The molecule has 1 aliphatic rings. The van der Waals surface area contributed by atoms with Gasteiger partial charge in [-0.2, -0.15) is 0 Å². The van der Waals surface area contributed by atoms with Gasteiger partial charge in [0, 0.05) is 6.42 Å². The third kappa shape index (κ3) is 3.30. The first-order chi connectivity index (χ1) is 7.88. The van der Waals surface area contributed by atoms with Crippen LogP contribution in [0.25, 0.3) is 0 Å². The van der Waals surface area contributed by atoms with Crippen molar-refractivity contribution >= 4 is 17.7 Å². The van der Waals surface area contributed by atoms with Gasteiger partial charge >= 0.3 is 0 Å². The van der Waals surface area contributed by atoms with Gasteiger partial charge in [-0.25, -0.2) is 0 Å². The third-order valence-corrected chi connectivity index (χ3v) is 3.54. The molecule has 1 rings (SSSR count). The van der Waals surface area contributed by atoms with Gasteiger partial charge in [0.2, 0.25) is 5.91 Å². The standard InChI is InChI=1S/C9H17NO6S/c1-17-9-7(14)6(13)5(12)4(16-9)2-3(11)8(10)15/h3-7,9,11-14H,2H2,1H3,(H2,10,15). The van der Waals surface area contributed by atoms with Crippen molar-refractivity contribution in [1.29, 1.82) is 0 Å². The maximum Gasteiger partial charge on any atom is 0.246 e. The molecule has 0 aromatic rings. The first-order valence-electron chi connectivity index (χ1n) is 5.08. The summed E-state index contributed by atoms with van der Waals surface area (Å²) < 4.78 is 5.29. The summed E-state index contributed by atoms with van der Waals surface area (Å²) in [5, 5.41) is 38.1. The van der Waals surface area contributed by atoms with Crippen LogP contribution in [0, 0.1) is 0 Å². The number of aliphatic hydroxyl groups is 4. The van der Waals surface area contributed by atoms with Gasteiger partial charge in [-0.15, -0.1) is 11.8 Å². The van der Waals surface area contributed by atoms with Crippen LogP contribution < -0.4 is 5.73 Å². The summed E-state index contributed by atoms with van der Waals surface area (Å²) in [6.07, 6.45) is -4.94. The summed E-state index contributed by atoms with van der Waals surface area (Å²) in [6, 6.07) is 0. The van der Waals surface area contributed by atoms with E-state index in [1.54, 1.807) is 6.26 Å². The van der Waals surface area contributed by atoms with Crippen LogP contribution in [0.5, 0.6) is 0 Å². The van der Waals surface area contributed by atoms with Crippen LogP contribution in [0.2, 0.25) is 0 Å². The number of primary amides is 1. The molecule has 6 N–H and O–H groups in total. The van der Waals surface area contributed by atoms with E-state index in [4.69, 9.17) is 10.5 Å². The van der Waals surface area contributed by atoms with Gasteiger partial charge in [-0.05, 0) is 6.26 Å². The van der Waals surface area contributed by atoms with Crippen molar-refractivity contribution in [2.45, 2.75) is 42.4 Å². The van der Waals surface area contributed by atoms with Crippen LogP contribution in [-0.4, -0.2) is 68.5 Å². The predicted molar refractivity (Wildman–Crippen MR) is 60.0 cm³/mol. The maximum atomic E-state index is 10.7. The summed E-state index contributed by atoms with van der Waals surface area (Å²) >= 11 is 1.16. The average molecular weight is 267 g/mol. The zero-order valence-electron chi connectivity index (χ0n) is 9.26. The minimum atomic E-state index is -1.46. The molecule has 0 saturated carbocycles. The van der Waals surface area contributed by atoms with E-state index in [9.17, 15) is 25.2 Å². The van der Waals surface area contributed by atoms with E-state index in [1.807, 2.05) is 0 Å². The fourth-order valence-electron chi connectivity index (χ4n) is 1.64. The second-order valence-electron chi connectivity index (χ2n) is 3.90. The second kappa shape index (κ2) is 5.98. The molecule has 6 unspecified atom stereocenters. The molecule has 6 atom stereocenters. The first-order valence-corrected chi connectivity index (χ1v) is 6.37. The lowest BCUT2D eigenvalue weighted by Gasteiger charge is -2.40. The molecule has 0 bridgehead atoms. The van der Waals surface area contributed by atoms with Gasteiger partial charge in [-0.1, -0.05) is 0 Å². The SMILES string of the molecule is CSC1OC(CC(O)C(N)=O)C(O)C(O)C1O. The Kier molecular flexibility index (Phi) is 5.17. The molecule has 1 aliphatic heterocycles. The monoisotopic (exact) mass is 267 g/mol. The Bertz CT molecular complexity index is 276. The highest BCUT2D eigenvalue weighted by molar-refractivity contribution is 7.99. The van der Waals surface area contributed by atoms with E-state index in [1.165, 1.54) is 0 Å². The molecule has 1 heterocycles. The number of carbonyl (C=O) groups is 1. The number of carbonyl (C=O) groups excluding carboxylic acids is 1. The Hall–Kier alpha value is -0.380. The lowest BCUT2D eigenvalue weighted by atomic mass is 9.96. The largest absolute Gasteiger partial charge is 0.388 e. The summed E-state index contributed by atoms with van der Waals surface area (Å²) in [5.74, 6) is -0.929. The number of rotatable bonds is 4. The normalized spacial score (nSPS) is 39.9. The Labute approximate surface area is 103 Å². The van der Waals surface area contributed by atoms with Gasteiger partial charge in [0.1, 0.15) is 29.9 Å². The van der Waals surface area contributed by atoms with E-state index in [0.29, 0.717) is 0 Å². The number of hydrogen-bond acceptors (Lipinski definition) is 7. The third-order valence-electron chi connectivity index (χ3n) is 2.68. The Morgan fingerprint density at radius 2 is 1.94 bits per heavy atom. The zero-order valence-corrected chi connectivity index (χ0v) is 10.1. The number of hydrogen-bond donors (Lipinski definition) is 5. The summed E-state index contributed by atoms with van der Waals surface area (Å²) in [5.41, 5.74) is 4.16. The minimum absolute atomic E-state index is 0.225. The first kappa shape index (κ1) is 14.7. The van der Waals surface area contributed by atoms with Crippen molar-refractivity contribution in [3.63, 3.8) is 0 Å². The molecule has 1 fully saturated rings. The van der Waals surface area contributed by atoms with E-state index in [0.717, 1.165) is 11.8 Å². The molecule has 17 heavy (non-hydrogen) atoms. The van der Waals surface area contributed by atoms with E-state index < -0.39 is 41.9 Å². The van der Waals surface area contributed by atoms with Crippen LogP contribution in [0.4, 0.5) is 0 Å². The molecule has 1 amide bonds. The van der Waals surface area contributed by atoms with Gasteiger partial charge in [0.05, 0.1) is 6.10 Å². The molecule has 0 aromatic heterocycles. The Balaban J connectivity index is 2.68.